The van der Waals surface area contributed by atoms with Crippen molar-refractivity contribution in [3.63, 3.8) is 0 Å². The normalized spacial score (nSPS) is 19.2. The van der Waals surface area contributed by atoms with Crippen LogP contribution in [0.15, 0.2) is 77.7 Å². The minimum absolute atomic E-state index is 0.302. The molecule has 1 aliphatic heterocycles. The zero-order chi connectivity index (χ0) is 22.3. The van der Waals surface area contributed by atoms with Gasteiger partial charge in [-0.05, 0) is 59.7 Å². The molecule has 0 amide bonds. The van der Waals surface area contributed by atoms with Gasteiger partial charge >= 0.3 is 0 Å². The summed E-state index contributed by atoms with van der Waals surface area (Å²) in [6, 6.07) is 23.8. The van der Waals surface area contributed by atoms with Crippen molar-refractivity contribution in [2.24, 2.45) is 0 Å². The van der Waals surface area contributed by atoms with E-state index in [2.05, 4.69) is 31.2 Å². The minimum Gasteiger partial charge on any atom is -0.361 e. The first kappa shape index (κ1) is 21.7. The van der Waals surface area contributed by atoms with E-state index in [1.165, 1.54) is 26.8 Å². The summed E-state index contributed by atoms with van der Waals surface area (Å²) in [5.74, 6) is 0. The van der Waals surface area contributed by atoms with Crippen LogP contribution in [0, 0.1) is 6.92 Å². The Morgan fingerprint density at radius 1 is 0.969 bits per heavy atom. The number of hydrogen-bond acceptors (Lipinski definition) is 4. The molecular formula is C26H27NO3S2. The predicted molar refractivity (Wildman–Crippen MR) is 130 cm³/mol. The van der Waals surface area contributed by atoms with Crippen LogP contribution in [-0.2, 0) is 19.5 Å². The highest BCUT2D eigenvalue weighted by molar-refractivity contribution is 8.09. The van der Waals surface area contributed by atoms with E-state index in [-0.39, 0.29) is 0 Å². The molecular weight excluding hydrogens is 438 g/mol. The van der Waals surface area contributed by atoms with Gasteiger partial charge in [0.2, 0.25) is 0 Å². The second-order valence-electron chi connectivity index (χ2n) is 8.47. The molecule has 0 bridgehead atoms. The summed E-state index contributed by atoms with van der Waals surface area (Å²) in [5, 5.41) is 0. The Balaban J connectivity index is 1.62. The number of sulfonamides is 1. The quantitative estimate of drug-likeness (QED) is 0.326. The SMILES string of the molecule is CCCCOC1CC2(SN1S(=O)(=O)c1ccc(C)cc1)c1ccccc1-c1ccccc12. The number of benzene rings is 3. The molecule has 1 saturated heterocycles. The fourth-order valence-corrected chi connectivity index (χ4v) is 8.17. The van der Waals surface area contributed by atoms with Crippen LogP contribution in [0.2, 0.25) is 0 Å². The zero-order valence-corrected chi connectivity index (χ0v) is 20.0. The number of unbranched alkanes of at least 4 members (excludes halogenated alkanes) is 1. The summed E-state index contributed by atoms with van der Waals surface area (Å²) >= 11 is 1.40. The van der Waals surface area contributed by atoms with Crippen molar-refractivity contribution in [3.8, 4) is 11.1 Å². The topological polar surface area (TPSA) is 46.6 Å². The summed E-state index contributed by atoms with van der Waals surface area (Å²) in [4.78, 5) is 0.302. The number of aryl methyl sites for hydroxylation is 1. The predicted octanol–water partition coefficient (Wildman–Crippen LogP) is 6.10. The standard InChI is InChI=1S/C26H27NO3S2/c1-3-4-17-30-25-18-26(31-27(25)32(28,29)20-15-13-19(2)14-16-20)23-11-7-5-9-21(23)22-10-6-8-12-24(22)26/h5-16,25H,3-4,17-18H2,1-2H3. The lowest BCUT2D eigenvalue weighted by molar-refractivity contribution is 0.0116. The molecule has 1 unspecified atom stereocenters. The average molecular weight is 466 g/mol. The Labute approximate surface area is 194 Å². The summed E-state index contributed by atoms with van der Waals surface area (Å²) in [6.45, 7) is 4.61. The molecule has 1 spiro atoms. The highest BCUT2D eigenvalue weighted by Gasteiger charge is 2.56. The van der Waals surface area contributed by atoms with Crippen LogP contribution in [-0.4, -0.2) is 25.0 Å². The van der Waals surface area contributed by atoms with Crippen LogP contribution < -0.4 is 0 Å². The van der Waals surface area contributed by atoms with Gasteiger partial charge in [-0.2, -0.15) is 0 Å². The second-order valence-corrected chi connectivity index (χ2v) is 11.8. The van der Waals surface area contributed by atoms with Crippen LogP contribution in [0.25, 0.3) is 11.1 Å². The molecule has 2 aliphatic rings. The molecule has 32 heavy (non-hydrogen) atoms. The van der Waals surface area contributed by atoms with Crippen molar-refractivity contribution in [3.05, 3.63) is 89.5 Å². The van der Waals surface area contributed by atoms with E-state index in [1.807, 2.05) is 43.3 Å². The van der Waals surface area contributed by atoms with E-state index in [9.17, 15) is 8.42 Å². The third-order valence-electron chi connectivity index (χ3n) is 6.32. The summed E-state index contributed by atoms with van der Waals surface area (Å²) in [5.41, 5.74) is 5.72. The number of ether oxygens (including phenoxy) is 1. The lowest BCUT2D eigenvalue weighted by Gasteiger charge is -2.25. The molecule has 0 saturated carbocycles. The van der Waals surface area contributed by atoms with Crippen LogP contribution in [0.3, 0.4) is 0 Å². The largest absolute Gasteiger partial charge is 0.361 e. The van der Waals surface area contributed by atoms with Crippen molar-refractivity contribution < 1.29 is 13.2 Å². The first-order valence-electron chi connectivity index (χ1n) is 11.1. The van der Waals surface area contributed by atoms with E-state index < -0.39 is 21.0 Å². The molecule has 0 aromatic heterocycles. The van der Waals surface area contributed by atoms with Crippen molar-refractivity contribution in [1.82, 2.24) is 3.71 Å². The highest BCUT2D eigenvalue weighted by Crippen LogP contribution is 2.63. The van der Waals surface area contributed by atoms with Gasteiger partial charge in [0.05, 0.1) is 9.64 Å². The van der Waals surface area contributed by atoms with E-state index in [0.29, 0.717) is 17.9 Å². The second kappa shape index (κ2) is 8.34. The third-order valence-corrected chi connectivity index (χ3v) is 10.0. The Hall–Kier alpha value is -2.12. The van der Waals surface area contributed by atoms with Gasteiger partial charge in [-0.1, -0.05) is 79.6 Å². The smallest absolute Gasteiger partial charge is 0.254 e. The molecule has 0 radical (unpaired) electrons. The first-order chi connectivity index (χ1) is 15.5. The van der Waals surface area contributed by atoms with Crippen LogP contribution in [0.1, 0.15) is 42.9 Å². The molecule has 3 aromatic carbocycles. The van der Waals surface area contributed by atoms with E-state index in [1.54, 1.807) is 12.1 Å². The fourth-order valence-electron chi connectivity index (χ4n) is 4.68. The molecule has 1 heterocycles. The lowest BCUT2D eigenvalue weighted by atomic mass is 9.92. The van der Waals surface area contributed by atoms with Crippen molar-refractivity contribution in [2.45, 2.75) is 49.0 Å². The monoisotopic (exact) mass is 465 g/mol. The Bertz CT molecular complexity index is 1190. The number of fused-ring (bicyclic) bond motifs is 5. The van der Waals surface area contributed by atoms with Crippen molar-refractivity contribution in [2.75, 3.05) is 6.61 Å². The van der Waals surface area contributed by atoms with Crippen LogP contribution in [0.4, 0.5) is 0 Å². The van der Waals surface area contributed by atoms with Gasteiger partial charge in [0.1, 0.15) is 6.23 Å². The average Bonchev–Trinajstić information content (AvgIpc) is 3.33. The van der Waals surface area contributed by atoms with Gasteiger partial charge in [-0.25, -0.2) is 8.42 Å². The first-order valence-corrected chi connectivity index (χ1v) is 13.3. The molecule has 5 rings (SSSR count). The van der Waals surface area contributed by atoms with Gasteiger partial charge in [0.15, 0.2) is 0 Å². The third kappa shape index (κ3) is 3.41. The summed E-state index contributed by atoms with van der Waals surface area (Å²) in [6.07, 6.45) is 1.96. The maximum atomic E-state index is 13.8. The van der Waals surface area contributed by atoms with E-state index in [4.69, 9.17) is 4.74 Å². The Morgan fingerprint density at radius 2 is 1.56 bits per heavy atom. The molecule has 3 aromatic rings. The molecule has 1 atom stereocenters. The van der Waals surface area contributed by atoms with Crippen molar-refractivity contribution in [1.29, 1.82) is 0 Å². The maximum absolute atomic E-state index is 13.8. The van der Waals surface area contributed by atoms with Crippen LogP contribution >= 0.6 is 11.9 Å². The molecule has 0 N–H and O–H groups in total. The van der Waals surface area contributed by atoms with Crippen molar-refractivity contribution >= 4 is 22.0 Å². The fraction of sp³-hybridized carbons (Fsp3) is 0.308. The molecule has 166 valence electrons. The summed E-state index contributed by atoms with van der Waals surface area (Å²) < 4.78 is 34.8. The molecule has 1 aliphatic carbocycles. The Kier molecular flexibility index (Phi) is 5.66. The molecule has 4 nitrogen and oxygen atoms in total. The van der Waals surface area contributed by atoms with Gasteiger partial charge in [0, 0.05) is 13.0 Å². The van der Waals surface area contributed by atoms with Gasteiger partial charge < -0.3 is 4.74 Å². The van der Waals surface area contributed by atoms with Gasteiger partial charge in [-0.15, -0.1) is 3.71 Å². The maximum Gasteiger partial charge on any atom is 0.254 e. The van der Waals surface area contributed by atoms with E-state index in [0.717, 1.165) is 29.5 Å². The summed E-state index contributed by atoms with van der Waals surface area (Å²) in [7, 11) is -3.74. The van der Waals surface area contributed by atoms with Crippen LogP contribution in [0.5, 0.6) is 0 Å². The Morgan fingerprint density at radius 3 is 2.16 bits per heavy atom. The number of nitrogens with zero attached hydrogens (tertiary/aromatic N) is 1. The highest BCUT2D eigenvalue weighted by atomic mass is 32.3. The van der Waals surface area contributed by atoms with Gasteiger partial charge in [0.25, 0.3) is 10.0 Å². The molecule has 6 heteroatoms. The lowest BCUT2D eigenvalue weighted by Crippen LogP contribution is -2.33. The molecule has 1 fully saturated rings. The minimum atomic E-state index is -3.74. The van der Waals surface area contributed by atoms with E-state index >= 15 is 0 Å². The number of hydrogen-bond donors (Lipinski definition) is 0. The van der Waals surface area contributed by atoms with Gasteiger partial charge in [-0.3, -0.25) is 0 Å². The zero-order valence-electron chi connectivity index (χ0n) is 18.3. The number of rotatable bonds is 6.